The number of hydrogen-bond acceptors (Lipinski definition) is 3. The minimum Gasteiger partial charge on any atom is -0.508 e. The fraction of sp³-hybridized carbons (Fsp3) is 0.0882. The molecule has 3 aromatic rings. The van der Waals surface area contributed by atoms with Crippen LogP contribution < -0.4 is 4.74 Å². The van der Waals surface area contributed by atoms with E-state index in [1.165, 1.54) is 11.1 Å². The van der Waals surface area contributed by atoms with E-state index in [1.54, 1.807) is 25.0 Å². The number of ketones is 1. The molecule has 2 saturated carbocycles. The molecule has 5 rings (SSSR count). The standard InChI is InChI=1S/C29H25O3.C5H5.Fe/c1-2-27(21-8-4-3-5-9-21)29(23-12-16-25(30)17-13-23)24-14-18-26(19-15-24)32-20-28(31)22-10-6-7-11-22;1-2-4-5-3-1;/h3-19,30H,2,20H2,1H3;1-5H;/q;;+2/b29-27+;;. The van der Waals surface area contributed by atoms with Gasteiger partial charge < -0.3 is 9.84 Å². The van der Waals surface area contributed by atoms with Crippen LogP contribution in [0, 0.1) is 63.7 Å². The smallest absolute Gasteiger partial charge is 0.508 e. The van der Waals surface area contributed by atoms with Gasteiger partial charge in [-0.2, -0.15) is 0 Å². The third-order valence-electron chi connectivity index (χ3n) is 5.99. The number of Topliss-reactive ketones (excluding diaryl/α,β-unsaturated/α-hetero) is 1. The maximum absolute atomic E-state index is 12.2. The summed E-state index contributed by atoms with van der Waals surface area (Å²) in [5, 5.41) is 9.77. The molecule has 2 aliphatic rings. The molecule has 2 aliphatic carbocycles. The van der Waals surface area contributed by atoms with Gasteiger partial charge in [0.2, 0.25) is 0 Å². The molecule has 0 saturated heterocycles. The number of carbonyl (C=O) groups excluding carboxylic acids is 1. The molecule has 0 bridgehead atoms. The van der Waals surface area contributed by atoms with Crippen molar-refractivity contribution in [3.05, 3.63) is 159 Å². The first kappa shape index (κ1) is 29.7. The topological polar surface area (TPSA) is 46.5 Å². The summed E-state index contributed by atoms with van der Waals surface area (Å²) in [4.78, 5) is 12.2. The number of phenolic OH excluding ortho intramolecular Hbond substituents is 1. The van der Waals surface area contributed by atoms with Crippen molar-refractivity contribution in [3.8, 4) is 11.5 Å². The molecule has 10 radical (unpaired) electrons. The van der Waals surface area contributed by atoms with E-state index >= 15 is 0 Å². The Labute approximate surface area is 238 Å². The van der Waals surface area contributed by atoms with Crippen molar-refractivity contribution in [2.45, 2.75) is 13.3 Å². The first-order valence-corrected chi connectivity index (χ1v) is 12.4. The number of ether oxygens (including phenoxy) is 1. The Morgan fingerprint density at radius 3 is 1.74 bits per heavy atom. The summed E-state index contributed by atoms with van der Waals surface area (Å²) in [6.45, 7) is 2.16. The average Bonchev–Trinajstić information content (AvgIpc) is 3.70. The molecule has 38 heavy (non-hydrogen) atoms. The molecule has 4 heteroatoms. The van der Waals surface area contributed by atoms with Gasteiger partial charge in [0.05, 0.1) is 5.92 Å². The number of phenols is 1. The van der Waals surface area contributed by atoms with E-state index in [0.717, 1.165) is 23.1 Å². The van der Waals surface area contributed by atoms with Crippen LogP contribution in [0.2, 0.25) is 0 Å². The molecular weight excluding hydrogens is 512 g/mol. The van der Waals surface area contributed by atoms with Crippen LogP contribution in [0.4, 0.5) is 0 Å². The quantitative estimate of drug-likeness (QED) is 0.243. The van der Waals surface area contributed by atoms with Crippen molar-refractivity contribution < 1.29 is 31.7 Å². The van der Waals surface area contributed by atoms with Crippen LogP contribution in [0.25, 0.3) is 11.1 Å². The summed E-state index contributed by atoms with van der Waals surface area (Å²) < 4.78 is 5.72. The first-order chi connectivity index (χ1) is 18.2. The number of hydrogen-bond donors (Lipinski definition) is 1. The van der Waals surface area contributed by atoms with Gasteiger partial charge in [-0.1, -0.05) is 61.5 Å². The maximum Gasteiger partial charge on any atom is 2.00 e. The Morgan fingerprint density at radius 1 is 0.684 bits per heavy atom. The molecule has 190 valence electrons. The zero-order chi connectivity index (χ0) is 25.9. The second-order valence-corrected chi connectivity index (χ2v) is 8.49. The number of aromatic hydroxyl groups is 1. The van der Waals surface area contributed by atoms with E-state index in [1.807, 2.05) is 99.5 Å². The van der Waals surface area contributed by atoms with E-state index in [4.69, 9.17) is 4.74 Å². The fourth-order valence-electron chi connectivity index (χ4n) is 4.14. The van der Waals surface area contributed by atoms with Gasteiger partial charge in [-0.05, 0) is 116 Å². The predicted octanol–water partition coefficient (Wildman–Crippen LogP) is 7.13. The van der Waals surface area contributed by atoms with E-state index in [9.17, 15) is 9.90 Å². The molecule has 2 fully saturated rings. The summed E-state index contributed by atoms with van der Waals surface area (Å²) >= 11 is 0. The Morgan fingerprint density at radius 2 is 1.21 bits per heavy atom. The molecule has 0 aliphatic heterocycles. The summed E-state index contributed by atoms with van der Waals surface area (Å²) in [5.41, 5.74) is 5.57. The molecule has 0 amide bonds. The number of benzene rings is 3. The van der Waals surface area contributed by atoms with Crippen molar-refractivity contribution in [1.29, 1.82) is 0 Å². The van der Waals surface area contributed by atoms with Gasteiger partial charge in [0.15, 0.2) is 5.78 Å². The zero-order valence-corrected chi connectivity index (χ0v) is 22.3. The average molecular weight is 542 g/mol. The Balaban J connectivity index is 0.000000598. The Hall–Kier alpha value is -2.81. The van der Waals surface area contributed by atoms with E-state index < -0.39 is 0 Å². The third kappa shape index (κ3) is 8.35. The van der Waals surface area contributed by atoms with E-state index in [2.05, 4.69) is 19.1 Å². The minimum absolute atomic E-state index is 0. The van der Waals surface area contributed by atoms with Crippen molar-refractivity contribution in [3.63, 3.8) is 0 Å². The molecule has 0 heterocycles. The van der Waals surface area contributed by atoms with E-state index in [0.29, 0.717) is 11.7 Å². The summed E-state index contributed by atoms with van der Waals surface area (Å²) in [6.07, 6.45) is 18.1. The molecule has 3 nitrogen and oxygen atoms in total. The number of rotatable bonds is 8. The summed E-state index contributed by atoms with van der Waals surface area (Å²) in [5.74, 6) is 1.51. The number of carbonyl (C=O) groups is 1. The zero-order valence-electron chi connectivity index (χ0n) is 21.2. The van der Waals surface area contributed by atoms with Gasteiger partial charge in [-0.25, -0.2) is 0 Å². The van der Waals surface area contributed by atoms with Crippen molar-refractivity contribution >= 4 is 16.9 Å². The van der Waals surface area contributed by atoms with Crippen LogP contribution in [0.15, 0.2) is 78.9 Å². The van der Waals surface area contributed by atoms with Gasteiger partial charge in [-0.15, -0.1) is 0 Å². The van der Waals surface area contributed by atoms with Gasteiger partial charge in [0.1, 0.15) is 18.1 Å². The van der Waals surface area contributed by atoms with Crippen LogP contribution in [-0.4, -0.2) is 17.5 Å². The number of allylic oxidation sites excluding steroid dienone is 1. The Bertz CT molecular complexity index is 1130. The molecule has 0 atom stereocenters. The van der Waals surface area contributed by atoms with Gasteiger partial charge in [-0.3, -0.25) is 4.79 Å². The normalized spacial score (nSPS) is 15.6. The van der Waals surface area contributed by atoms with Gasteiger partial charge in [0.25, 0.3) is 0 Å². The van der Waals surface area contributed by atoms with Crippen LogP contribution in [0.3, 0.4) is 0 Å². The molecule has 0 spiro atoms. The molecular formula is C34H30FeO3+2. The Kier molecular flexibility index (Phi) is 12.2. The maximum atomic E-state index is 12.2. The third-order valence-corrected chi connectivity index (χ3v) is 5.99. The molecule has 1 N–H and O–H groups in total. The van der Waals surface area contributed by atoms with Crippen LogP contribution in [0.1, 0.15) is 30.0 Å². The van der Waals surface area contributed by atoms with Gasteiger partial charge >= 0.3 is 17.1 Å². The molecule has 3 aromatic carbocycles. The molecule has 0 aromatic heterocycles. The predicted molar refractivity (Wildman–Crippen MR) is 150 cm³/mol. The van der Waals surface area contributed by atoms with E-state index in [-0.39, 0.29) is 35.2 Å². The largest absolute Gasteiger partial charge is 2.00 e. The molecule has 0 unspecified atom stereocenters. The van der Waals surface area contributed by atoms with Crippen molar-refractivity contribution in [2.24, 2.45) is 0 Å². The van der Waals surface area contributed by atoms with Crippen LogP contribution in [0.5, 0.6) is 11.5 Å². The SMILES string of the molecule is CC/C(=C(/c1ccc(O)cc1)c1ccc(OCC(=O)[C]2[CH][CH][CH][CH]2)cc1)c1ccccc1.[CH]1[CH][CH][CH][CH]1.[Fe+2]. The van der Waals surface area contributed by atoms with Crippen LogP contribution in [-0.2, 0) is 21.9 Å². The van der Waals surface area contributed by atoms with Crippen molar-refractivity contribution in [1.82, 2.24) is 0 Å². The second-order valence-electron chi connectivity index (χ2n) is 8.49. The summed E-state index contributed by atoms with van der Waals surface area (Å²) in [6, 6.07) is 25.4. The van der Waals surface area contributed by atoms with Crippen LogP contribution >= 0.6 is 0 Å². The fourth-order valence-corrected chi connectivity index (χ4v) is 4.14. The minimum atomic E-state index is -0.0406. The monoisotopic (exact) mass is 542 g/mol. The summed E-state index contributed by atoms with van der Waals surface area (Å²) in [7, 11) is 0. The van der Waals surface area contributed by atoms with Gasteiger partial charge in [0, 0.05) is 0 Å². The van der Waals surface area contributed by atoms with Crippen molar-refractivity contribution in [2.75, 3.05) is 6.61 Å². The first-order valence-electron chi connectivity index (χ1n) is 12.4. The second kappa shape index (κ2) is 15.6.